The summed E-state index contributed by atoms with van der Waals surface area (Å²) in [6.07, 6.45) is 6.02. The van der Waals surface area contributed by atoms with Crippen LogP contribution < -0.4 is 5.32 Å². The van der Waals surface area contributed by atoms with Gasteiger partial charge in [0.1, 0.15) is 11.3 Å². The molecule has 1 aromatic carbocycles. The van der Waals surface area contributed by atoms with Crippen LogP contribution in [-0.4, -0.2) is 30.9 Å². The van der Waals surface area contributed by atoms with Gasteiger partial charge in [-0.2, -0.15) is 0 Å². The lowest BCUT2D eigenvalue weighted by atomic mass is 10.0. The van der Waals surface area contributed by atoms with E-state index in [0.29, 0.717) is 18.9 Å². The molecule has 2 heterocycles. The van der Waals surface area contributed by atoms with Crippen LogP contribution in [0.3, 0.4) is 0 Å². The molecule has 1 atom stereocenters. The summed E-state index contributed by atoms with van der Waals surface area (Å²) in [4.78, 5) is 14.4. The van der Waals surface area contributed by atoms with E-state index in [-0.39, 0.29) is 5.91 Å². The lowest BCUT2D eigenvalue weighted by molar-refractivity contribution is -0.130. The predicted molar refractivity (Wildman–Crippen MR) is 102 cm³/mol. The molecule has 0 saturated carbocycles. The third kappa shape index (κ3) is 4.43. The highest BCUT2D eigenvalue weighted by Crippen LogP contribution is 2.28. The zero-order chi connectivity index (χ0) is 17.6. The molecule has 1 N–H and O–H groups in total. The Hall–Kier alpha value is -1.81. The molecule has 0 radical (unpaired) electrons. The first kappa shape index (κ1) is 18.0. The monoisotopic (exact) mass is 342 g/mol. The van der Waals surface area contributed by atoms with Crippen LogP contribution >= 0.6 is 0 Å². The highest BCUT2D eigenvalue weighted by Gasteiger charge is 2.20. The maximum atomic E-state index is 12.6. The molecule has 3 rings (SSSR count). The molecule has 136 valence electrons. The molecule has 1 amide bonds. The van der Waals surface area contributed by atoms with E-state index in [4.69, 9.17) is 4.42 Å². The van der Waals surface area contributed by atoms with Crippen LogP contribution in [-0.2, 0) is 17.8 Å². The molecule has 4 heteroatoms. The van der Waals surface area contributed by atoms with Crippen LogP contribution in [0, 0.1) is 5.92 Å². The van der Waals surface area contributed by atoms with Crippen molar-refractivity contribution in [2.75, 3.05) is 20.1 Å². The second kappa shape index (κ2) is 8.52. The SMILES string of the molecule is CCCCc1oc2ccccc2c1CN(C)C(=O)CCC1CCNC1. The van der Waals surface area contributed by atoms with Crippen LogP contribution in [0.15, 0.2) is 28.7 Å². The summed E-state index contributed by atoms with van der Waals surface area (Å²) in [5, 5.41) is 4.52. The summed E-state index contributed by atoms with van der Waals surface area (Å²) >= 11 is 0. The molecule has 2 aromatic rings. The second-order valence-corrected chi connectivity index (χ2v) is 7.25. The topological polar surface area (TPSA) is 45.5 Å². The normalized spacial score (nSPS) is 17.3. The molecule has 1 aliphatic rings. The number of unbranched alkanes of at least 4 members (excludes halogenated alkanes) is 1. The first-order valence-corrected chi connectivity index (χ1v) is 9.63. The van der Waals surface area contributed by atoms with E-state index in [1.165, 1.54) is 12.0 Å². The third-order valence-electron chi connectivity index (χ3n) is 5.29. The van der Waals surface area contributed by atoms with Crippen molar-refractivity contribution in [3.05, 3.63) is 35.6 Å². The van der Waals surface area contributed by atoms with Gasteiger partial charge in [-0.25, -0.2) is 0 Å². The molecule has 1 aromatic heterocycles. The molecule has 0 spiro atoms. The molecule has 1 saturated heterocycles. The summed E-state index contributed by atoms with van der Waals surface area (Å²) < 4.78 is 6.08. The van der Waals surface area contributed by atoms with Gasteiger partial charge in [-0.05, 0) is 44.3 Å². The lowest BCUT2D eigenvalue weighted by Gasteiger charge is -2.18. The fourth-order valence-corrected chi connectivity index (χ4v) is 3.67. The van der Waals surface area contributed by atoms with Crippen molar-refractivity contribution in [2.24, 2.45) is 5.92 Å². The van der Waals surface area contributed by atoms with Gasteiger partial charge < -0.3 is 14.6 Å². The van der Waals surface area contributed by atoms with Crippen molar-refractivity contribution in [1.29, 1.82) is 0 Å². The Labute approximate surface area is 150 Å². The molecular formula is C21H30N2O2. The Morgan fingerprint density at radius 1 is 1.36 bits per heavy atom. The highest BCUT2D eigenvalue weighted by atomic mass is 16.3. The Morgan fingerprint density at radius 2 is 2.20 bits per heavy atom. The fourth-order valence-electron chi connectivity index (χ4n) is 3.67. The van der Waals surface area contributed by atoms with Gasteiger partial charge in [0.2, 0.25) is 5.91 Å². The number of hydrogen-bond donors (Lipinski definition) is 1. The molecule has 0 bridgehead atoms. The number of para-hydroxylation sites is 1. The van der Waals surface area contributed by atoms with Crippen molar-refractivity contribution in [3.63, 3.8) is 0 Å². The summed E-state index contributed by atoms with van der Waals surface area (Å²) in [6.45, 7) is 4.98. The zero-order valence-electron chi connectivity index (χ0n) is 15.5. The number of carbonyl (C=O) groups excluding carboxylic acids is 1. The first-order valence-electron chi connectivity index (χ1n) is 9.63. The van der Waals surface area contributed by atoms with E-state index in [9.17, 15) is 4.79 Å². The third-order valence-corrected chi connectivity index (χ3v) is 5.29. The second-order valence-electron chi connectivity index (χ2n) is 7.25. The van der Waals surface area contributed by atoms with Gasteiger partial charge in [0.25, 0.3) is 0 Å². The first-order chi connectivity index (χ1) is 12.2. The molecule has 25 heavy (non-hydrogen) atoms. The Balaban J connectivity index is 1.68. The van der Waals surface area contributed by atoms with Gasteiger partial charge in [0.05, 0.1) is 0 Å². The Morgan fingerprint density at radius 3 is 2.96 bits per heavy atom. The van der Waals surface area contributed by atoms with E-state index in [1.807, 2.05) is 30.1 Å². The van der Waals surface area contributed by atoms with E-state index < -0.39 is 0 Å². The van der Waals surface area contributed by atoms with Gasteiger partial charge in [-0.15, -0.1) is 0 Å². The average Bonchev–Trinajstić information content (AvgIpc) is 3.26. The minimum Gasteiger partial charge on any atom is -0.461 e. The number of rotatable bonds is 8. The number of hydrogen-bond acceptors (Lipinski definition) is 3. The summed E-state index contributed by atoms with van der Waals surface area (Å²) in [5.41, 5.74) is 2.11. The van der Waals surface area contributed by atoms with E-state index in [1.54, 1.807) is 0 Å². The largest absolute Gasteiger partial charge is 0.461 e. The van der Waals surface area contributed by atoms with Crippen LogP contribution in [0.2, 0.25) is 0 Å². The molecule has 1 aliphatic heterocycles. The fraction of sp³-hybridized carbons (Fsp3) is 0.571. The maximum absolute atomic E-state index is 12.6. The highest BCUT2D eigenvalue weighted by molar-refractivity contribution is 5.83. The van der Waals surface area contributed by atoms with Crippen LogP contribution in [0.25, 0.3) is 11.0 Å². The molecule has 4 nitrogen and oxygen atoms in total. The standard InChI is InChI=1S/C21H30N2O2/c1-3-4-8-20-18(17-7-5-6-9-19(17)25-20)15-23(2)21(24)11-10-16-12-13-22-14-16/h5-7,9,16,22H,3-4,8,10-15H2,1-2H3. The minimum atomic E-state index is 0.235. The lowest BCUT2D eigenvalue weighted by Crippen LogP contribution is -2.27. The van der Waals surface area contributed by atoms with Crippen LogP contribution in [0.5, 0.6) is 0 Å². The van der Waals surface area contributed by atoms with Crippen molar-refractivity contribution >= 4 is 16.9 Å². The number of nitrogens with zero attached hydrogens (tertiary/aromatic N) is 1. The van der Waals surface area contributed by atoms with E-state index >= 15 is 0 Å². The maximum Gasteiger partial charge on any atom is 0.222 e. The number of nitrogens with one attached hydrogen (secondary N) is 1. The number of fused-ring (bicyclic) bond motifs is 1. The minimum absolute atomic E-state index is 0.235. The average molecular weight is 342 g/mol. The zero-order valence-corrected chi connectivity index (χ0v) is 15.5. The number of amides is 1. The van der Waals surface area contributed by atoms with Gasteiger partial charge in [0, 0.05) is 37.4 Å². The van der Waals surface area contributed by atoms with Gasteiger partial charge in [-0.1, -0.05) is 31.5 Å². The number of aryl methyl sites for hydroxylation is 1. The van der Waals surface area contributed by atoms with Crippen molar-refractivity contribution < 1.29 is 9.21 Å². The molecule has 0 aliphatic carbocycles. The number of furan rings is 1. The van der Waals surface area contributed by atoms with E-state index in [2.05, 4.69) is 18.3 Å². The summed E-state index contributed by atoms with van der Waals surface area (Å²) in [5.74, 6) is 1.94. The van der Waals surface area contributed by atoms with Crippen LogP contribution in [0.4, 0.5) is 0 Å². The van der Waals surface area contributed by atoms with Gasteiger partial charge >= 0.3 is 0 Å². The predicted octanol–water partition coefficient (Wildman–Crippen LogP) is 4.12. The Kier molecular flexibility index (Phi) is 6.14. The van der Waals surface area contributed by atoms with Crippen molar-refractivity contribution in [2.45, 2.75) is 52.0 Å². The van der Waals surface area contributed by atoms with Gasteiger partial charge in [-0.3, -0.25) is 4.79 Å². The van der Waals surface area contributed by atoms with Crippen LogP contribution in [0.1, 0.15) is 50.4 Å². The van der Waals surface area contributed by atoms with E-state index in [0.717, 1.165) is 55.5 Å². The molecular weight excluding hydrogens is 312 g/mol. The summed E-state index contributed by atoms with van der Waals surface area (Å²) in [6, 6.07) is 8.17. The Bertz CT molecular complexity index is 701. The smallest absolute Gasteiger partial charge is 0.222 e. The summed E-state index contributed by atoms with van der Waals surface area (Å²) in [7, 11) is 1.92. The number of carbonyl (C=O) groups is 1. The molecule has 1 unspecified atom stereocenters. The van der Waals surface area contributed by atoms with Crippen molar-refractivity contribution in [3.8, 4) is 0 Å². The van der Waals surface area contributed by atoms with Gasteiger partial charge in [0.15, 0.2) is 0 Å². The quantitative estimate of drug-likeness (QED) is 0.785. The number of benzene rings is 1. The van der Waals surface area contributed by atoms with Crippen molar-refractivity contribution in [1.82, 2.24) is 10.2 Å². The molecule has 1 fully saturated rings.